The van der Waals surface area contributed by atoms with Gasteiger partial charge in [0.25, 0.3) is 0 Å². The Hall–Kier alpha value is -2.18. The largest absolute Gasteiger partial charge is 0.326 e. The molecule has 0 radical (unpaired) electrons. The minimum Gasteiger partial charge on any atom is -0.326 e. The first-order chi connectivity index (χ1) is 12.1. The topological polar surface area (TPSA) is 49.4 Å². The number of nitrogens with zero attached hydrogens (tertiary/aromatic N) is 1. The van der Waals surface area contributed by atoms with Crippen LogP contribution in [0.25, 0.3) is 0 Å². The van der Waals surface area contributed by atoms with Crippen LogP contribution in [-0.4, -0.2) is 32.8 Å². The molecule has 3 rings (SSSR count). The quantitative estimate of drug-likeness (QED) is 0.791. The molecule has 1 atom stereocenters. The van der Waals surface area contributed by atoms with Crippen molar-refractivity contribution in [1.29, 1.82) is 0 Å². The van der Waals surface area contributed by atoms with E-state index in [9.17, 15) is 9.59 Å². The summed E-state index contributed by atoms with van der Waals surface area (Å²) in [5.41, 5.74) is 1.89. The van der Waals surface area contributed by atoms with E-state index in [4.69, 9.17) is 12.2 Å². The van der Waals surface area contributed by atoms with Crippen LogP contribution in [0.15, 0.2) is 60.7 Å². The molecule has 1 aliphatic heterocycles. The number of hydrogen-bond acceptors (Lipinski definition) is 4. The molecule has 1 heterocycles. The van der Waals surface area contributed by atoms with E-state index in [0.29, 0.717) is 10.9 Å². The average molecular weight is 370 g/mol. The summed E-state index contributed by atoms with van der Waals surface area (Å²) in [6.07, 6.45) is 0.872. The van der Waals surface area contributed by atoms with Gasteiger partial charge in [-0.3, -0.25) is 14.5 Å². The zero-order chi connectivity index (χ0) is 17.6. The van der Waals surface area contributed by atoms with E-state index in [1.54, 1.807) is 4.90 Å². The first kappa shape index (κ1) is 17.6. The van der Waals surface area contributed by atoms with Crippen LogP contribution in [0, 0.1) is 0 Å². The van der Waals surface area contributed by atoms with Crippen LogP contribution >= 0.6 is 24.0 Å². The number of hydrogen-bond donors (Lipinski definition) is 1. The predicted molar refractivity (Wildman–Crippen MR) is 106 cm³/mol. The monoisotopic (exact) mass is 370 g/mol. The number of benzene rings is 2. The van der Waals surface area contributed by atoms with Crippen LogP contribution < -0.4 is 5.32 Å². The normalized spacial score (nSPS) is 17.0. The van der Waals surface area contributed by atoms with Crippen LogP contribution in [0.3, 0.4) is 0 Å². The van der Waals surface area contributed by atoms with Crippen molar-refractivity contribution >= 4 is 45.8 Å². The van der Waals surface area contributed by atoms with Crippen molar-refractivity contribution in [1.82, 2.24) is 4.90 Å². The second-order valence-corrected chi connectivity index (χ2v) is 7.55. The van der Waals surface area contributed by atoms with Gasteiger partial charge in [0.05, 0.1) is 5.25 Å². The Balaban J connectivity index is 1.54. The van der Waals surface area contributed by atoms with E-state index in [-0.39, 0.29) is 18.2 Å². The molecule has 0 saturated carbocycles. The molecule has 0 aromatic heterocycles. The van der Waals surface area contributed by atoms with Crippen LogP contribution in [0.2, 0.25) is 0 Å². The first-order valence-corrected chi connectivity index (χ1v) is 9.33. The number of amides is 2. The lowest BCUT2D eigenvalue weighted by atomic mass is 10.1. The molecule has 2 amide bonds. The molecule has 4 nitrogen and oxygen atoms in total. The van der Waals surface area contributed by atoms with Crippen molar-refractivity contribution < 1.29 is 9.59 Å². The second-order valence-electron chi connectivity index (χ2n) is 5.72. The number of anilines is 1. The Morgan fingerprint density at radius 2 is 1.72 bits per heavy atom. The van der Waals surface area contributed by atoms with Crippen LogP contribution in [0.4, 0.5) is 5.69 Å². The van der Waals surface area contributed by atoms with Crippen LogP contribution in [0.5, 0.6) is 0 Å². The van der Waals surface area contributed by atoms with Gasteiger partial charge in [-0.25, -0.2) is 0 Å². The van der Waals surface area contributed by atoms with Gasteiger partial charge in [0, 0.05) is 18.7 Å². The van der Waals surface area contributed by atoms with E-state index in [2.05, 4.69) is 5.32 Å². The Morgan fingerprint density at radius 1 is 1.08 bits per heavy atom. The smallest absolute Gasteiger partial charge is 0.242 e. The maximum Gasteiger partial charge on any atom is 0.242 e. The Morgan fingerprint density at radius 3 is 2.40 bits per heavy atom. The summed E-state index contributed by atoms with van der Waals surface area (Å²) in [7, 11) is 0. The molecular formula is C19H18N2O2S2. The molecule has 2 aromatic carbocycles. The Bertz CT molecular complexity index is 766. The zero-order valence-electron chi connectivity index (χ0n) is 13.6. The summed E-state index contributed by atoms with van der Waals surface area (Å²) in [5, 5.41) is 2.37. The minimum atomic E-state index is -0.438. The molecule has 128 valence electrons. The van der Waals surface area contributed by atoms with Gasteiger partial charge >= 0.3 is 0 Å². The Kier molecular flexibility index (Phi) is 5.83. The summed E-state index contributed by atoms with van der Waals surface area (Å²) in [5.74, 6) is -0.251. The molecule has 1 saturated heterocycles. The third-order valence-electron chi connectivity index (χ3n) is 3.90. The molecule has 0 bridgehead atoms. The summed E-state index contributed by atoms with van der Waals surface area (Å²) < 4.78 is 0.554. The highest BCUT2D eigenvalue weighted by Crippen LogP contribution is 2.30. The Labute approximate surface area is 156 Å². The molecule has 0 spiro atoms. The third-order valence-corrected chi connectivity index (χ3v) is 5.48. The molecule has 1 fully saturated rings. The fourth-order valence-corrected chi connectivity index (χ4v) is 4.16. The molecule has 0 aliphatic carbocycles. The lowest BCUT2D eigenvalue weighted by Gasteiger charge is -2.15. The lowest BCUT2D eigenvalue weighted by Crippen LogP contribution is -2.34. The zero-order valence-corrected chi connectivity index (χ0v) is 15.2. The van der Waals surface area contributed by atoms with Crippen molar-refractivity contribution in [3.8, 4) is 0 Å². The van der Waals surface area contributed by atoms with Gasteiger partial charge in [-0.15, -0.1) is 0 Å². The van der Waals surface area contributed by atoms with Crippen molar-refractivity contribution in [2.24, 2.45) is 0 Å². The SMILES string of the molecule is O=C(CC1SC(=S)N(CCc2ccccc2)C1=O)Nc1ccccc1. The van der Waals surface area contributed by atoms with Crippen LogP contribution in [-0.2, 0) is 16.0 Å². The fourth-order valence-electron chi connectivity index (χ4n) is 2.62. The number of carbonyl (C=O) groups excluding carboxylic acids is 2. The fraction of sp³-hybridized carbons (Fsp3) is 0.211. The summed E-state index contributed by atoms with van der Waals surface area (Å²) >= 11 is 6.63. The van der Waals surface area contributed by atoms with Crippen molar-refractivity contribution in [3.63, 3.8) is 0 Å². The van der Waals surface area contributed by atoms with Gasteiger partial charge in [0.2, 0.25) is 11.8 Å². The molecule has 2 aromatic rings. The molecule has 25 heavy (non-hydrogen) atoms. The van der Waals surface area contributed by atoms with E-state index in [0.717, 1.165) is 17.7 Å². The first-order valence-electron chi connectivity index (χ1n) is 8.04. The highest BCUT2D eigenvalue weighted by Gasteiger charge is 2.37. The van der Waals surface area contributed by atoms with Gasteiger partial charge in [-0.2, -0.15) is 0 Å². The molecule has 6 heteroatoms. The standard InChI is InChI=1S/C19H18N2O2S2/c22-17(20-15-9-5-2-6-10-15)13-16-18(23)21(19(24)25-16)12-11-14-7-3-1-4-8-14/h1-10,16H,11-13H2,(H,20,22). The third kappa shape index (κ3) is 4.67. The van der Waals surface area contributed by atoms with Crippen molar-refractivity contribution in [2.45, 2.75) is 18.1 Å². The summed E-state index contributed by atoms with van der Waals surface area (Å²) in [6.45, 7) is 0.547. The second kappa shape index (κ2) is 8.27. The highest BCUT2D eigenvalue weighted by molar-refractivity contribution is 8.24. The number of thiocarbonyl (C=S) groups is 1. The van der Waals surface area contributed by atoms with E-state index >= 15 is 0 Å². The maximum atomic E-state index is 12.6. The summed E-state index contributed by atoms with van der Waals surface area (Å²) in [4.78, 5) is 26.3. The van der Waals surface area contributed by atoms with Gasteiger partial charge in [0.15, 0.2) is 0 Å². The molecule has 1 unspecified atom stereocenters. The number of rotatable bonds is 6. The molecular weight excluding hydrogens is 352 g/mol. The van der Waals surface area contributed by atoms with Crippen molar-refractivity contribution in [2.75, 3.05) is 11.9 Å². The predicted octanol–water partition coefficient (Wildman–Crippen LogP) is 3.49. The minimum absolute atomic E-state index is 0.0749. The highest BCUT2D eigenvalue weighted by atomic mass is 32.2. The number of carbonyl (C=O) groups is 2. The van der Waals surface area contributed by atoms with Gasteiger partial charge in [-0.1, -0.05) is 72.5 Å². The lowest BCUT2D eigenvalue weighted by molar-refractivity contribution is -0.128. The number of nitrogens with one attached hydrogen (secondary N) is 1. The average Bonchev–Trinajstić information content (AvgIpc) is 2.88. The van der Waals surface area contributed by atoms with Gasteiger partial charge in [-0.05, 0) is 24.1 Å². The number of para-hydroxylation sites is 1. The van der Waals surface area contributed by atoms with Gasteiger partial charge in [0.1, 0.15) is 4.32 Å². The van der Waals surface area contributed by atoms with E-state index in [1.165, 1.54) is 11.8 Å². The van der Waals surface area contributed by atoms with E-state index in [1.807, 2.05) is 60.7 Å². The maximum absolute atomic E-state index is 12.6. The van der Waals surface area contributed by atoms with E-state index < -0.39 is 5.25 Å². The van der Waals surface area contributed by atoms with Crippen LogP contribution in [0.1, 0.15) is 12.0 Å². The number of thioether (sulfide) groups is 1. The molecule has 1 N–H and O–H groups in total. The van der Waals surface area contributed by atoms with Gasteiger partial charge < -0.3 is 5.32 Å². The summed E-state index contributed by atoms with van der Waals surface area (Å²) in [6, 6.07) is 19.2. The molecule has 1 aliphatic rings. The van der Waals surface area contributed by atoms with Crippen molar-refractivity contribution in [3.05, 3.63) is 66.2 Å².